The quantitative estimate of drug-likeness (QED) is 0.281. The van der Waals surface area contributed by atoms with Crippen LogP contribution < -0.4 is 16.8 Å². The van der Waals surface area contributed by atoms with E-state index in [2.05, 4.69) is 15.5 Å². The highest BCUT2D eigenvalue weighted by molar-refractivity contribution is 5.84. The molecule has 0 unspecified atom stereocenters. The van der Waals surface area contributed by atoms with Crippen molar-refractivity contribution >= 4 is 17.9 Å². The molecule has 0 radical (unpaired) electrons. The van der Waals surface area contributed by atoms with Gasteiger partial charge in [0.05, 0.1) is 12.2 Å². The van der Waals surface area contributed by atoms with E-state index in [1.165, 1.54) is 6.92 Å². The first-order valence-electron chi connectivity index (χ1n) is 8.65. The highest BCUT2D eigenvalue weighted by Gasteiger charge is 2.42. The number of likely N-dealkylation sites (tertiary alicyclic amines) is 1. The molecule has 5 atom stereocenters. The molecule has 8 N–H and O–H groups in total. The van der Waals surface area contributed by atoms with Gasteiger partial charge in [0, 0.05) is 13.0 Å². The molecule has 28 heavy (non-hydrogen) atoms. The number of aliphatic carboxylic acids is 1. The molecule has 1 fully saturated rings. The number of aromatic nitrogens is 2. The zero-order valence-electron chi connectivity index (χ0n) is 15.2. The molecule has 1 aliphatic rings. The molecule has 1 aliphatic heterocycles. The molecule has 1 aromatic rings. The summed E-state index contributed by atoms with van der Waals surface area (Å²) in [4.78, 5) is 36.0. The van der Waals surface area contributed by atoms with Gasteiger partial charge in [-0.3, -0.25) is 4.79 Å². The molecule has 0 bridgehead atoms. The maximum absolute atomic E-state index is 12.6. The fourth-order valence-corrected chi connectivity index (χ4v) is 2.81. The van der Waals surface area contributed by atoms with Gasteiger partial charge >= 0.3 is 12.0 Å². The lowest BCUT2D eigenvalue weighted by Gasteiger charge is -2.25. The molecule has 0 saturated carbocycles. The van der Waals surface area contributed by atoms with Crippen molar-refractivity contribution < 1.29 is 34.1 Å². The van der Waals surface area contributed by atoms with E-state index in [0.717, 1.165) is 4.90 Å². The van der Waals surface area contributed by atoms with E-state index in [1.54, 1.807) is 0 Å². The zero-order chi connectivity index (χ0) is 21.0. The molecule has 3 amide bonds. The molecular formula is C15H24N6O7. The summed E-state index contributed by atoms with van der Waals surface area (Å²) >= 11 is 0. The minimum Gasteiger partial charge on any atom is -0.480 e. The Morgan fingerprint density at radius 2 is 2.00 bits per heavy atom. The highest BCUT2D eigenvalue weighted by Crippen LogP contribution is 2.23. The van der Waals surface area contributed by atoms with E-state index in [0.29, 0.717) is 0 Å². The van der Waals surface area contributed by atoms with Crippen molar-refractivity contribution in [2.75, 3.05) is 6.54 Å². The van der Waals surface area contributed by atoms with Crippen LogP contribution in [0.4, 0.5) is 4.79 Å². The average Bonchev–Trinajstić information content (AvgIpc) is 3.24. The van der Waals surface area contributed by atoms with Crippen molar-refractivity contribution in [2.45, 2.75) is 56.5 Å². The van der Waals surface area contributed by atoms with Crippen LogP contribution in [0.25, 0.3) is 0 Å². The van der Waals surface area contributed by atoms with Crippen LogP contribution in [0.1, 0.15) is 50.1 Å². The van der Waals surface area contributed by atoms with Crippen LogP contribution in [0.15, 0.2) is 4.42 Å². The highest BCUT2D eigenvalue weighted by atomic mass is 16.4. The van der Waals surface area contributed by atoms with Crippen LogP contribution in [0.5, 0.6) is 0 Å². The standard InChI is InChI=1S/C15H24N6O7/c1-6(22)10(17)13-20-19-12(28-13)7(2-3-9(16)24)18-15(27)21-5-4-8(23)11(21)14(25)26/h6-8,10-11,22-23H,2-5,17H2,1H3,(H2,16,24)(H,18,27)(H,25,26)/t6-,7+,8+,10+,11+/m1/s1. The van der Waals surface area contributed by atoms with Crippen LogP contribution >= 0.6 is 0 Å². The number of aliphatic hydroxyl groups is 2. The number of carboxylic acids is 1. The molecule has 1 saturated heterocycles. The lowest BCUT2D eigenvalue weighted by atomic mass is 10.1. The summed E-state index contributed by atoms with van der Waals surface area (Å²) in [6.07, 6.45) is -2.14. The van der Waals surface area contributed by atoms with Gasteiger partial charge < -0.3 is 41.4 Å². The SMILES string of the molecule is C[C@@H](O)[C@H](N)c1nnc([C@H](CCC(N)=O)NC(=O)N2CC[C@H](O)[C@H]2C(=O)O)o1. The van der Waals surface area contributed by atoms with E-state index in [9.17, 15) is 29.7 Å². The number of amides is 3. The molecule has 2 rings (SSSR count). The van der Waals surface area contributed by atoms with Gasteiger partial charge in [0.2, 0.25) is 17.7 Å². The number of carbonyl (C=O) groups is 3. The molecule has 2 heterocycles. The van der Waals surface area contributed by atoms with E-state index in [4.69, 9.17) is 15.9 Å². The number of nitrogens with two attached hydrogens (primary N) is 2. The Hall–Kier alpha value is -2.77. The maximum atomic E-state index is 12.6. The van der Waals surface area contributed by atoms with Gasteiger partial charge in [-0.1, -0.05) is 0 Å². The Balaban J connectivity index is 2.18. The summed E-state index contributed by atoms with van der Waals surface area (Å²) in [5.74, 6) is -2.10. The number of carboxylic acid groups (broad SMARTS) is 1. The monoisotopic (exact) mass is 400 g/mol. The van der Waals surface area contributed by atoms with Gasteiger partial charge in [-0.05, 0) is 19.8 Å². The number of hydrogen-bond acceptors (Lipinski definition) is 9. The number of carbonyl (C=O) groups excluding carboxylic acids is 2. The number of aliphatic hydroxyl groups excluding tert-OH is 2. The first-order chi connectivity index (χ1) is 13.1. The predicted molar refractivity (Wildman–Crippen MR) is 91.4 cm³/mol. The van der Waals surface area contributed by atoms with E-state index >= 15 is 0 Å². The second-order valence-electron chi connectivity index (χ2n) is 6.58. The Morgan fingerprint density at radius 1 is 1.36 bits per heavy atom. The molecule has 0 spiro atoms. The number of hydrogen-bond donors (Lipinski definition) is 6. The Bertz CT molecular complexity index is 723. The summed E-state index contributed by atoms with van der Waals surface area (Å²) in [5, 5.41) is 38.6. The van der Waals surface area contributed by atoms with Gasteiger partial charge in [-0.25, -0.2) is 9.59 Å². The van der Waals surface area contributed by atoms with E-state index in [-0.39, 0.29) is 37.6 Å². The summed E-state index contributed by atoms with van der Waals surface area (Å²) in [7, 11) is 0. The van der Waals surface area contributed by atoms with Gasteiger partial charge in [0.25, 0.3) is 0 Å². The average molecular weight is 400 g/mol. The number of urea groups is 1. The summed E-state index contributed by atoms with van der Waals surface area (Å²) in [6.45, 7) is 1.47. The normalized spacial score (nSPS) is 22.5. The third-order valence-electron chi connectivity index (χ3n) is 4.42. The Labute approximate surface area is 159 Å². The van der Waals surface area contributed by atoms with Crippen LogP contribution in [0.3, 0.4) is 0 Å². The van der Waals surface area contributed by atoms with Crippen LogP contribution in [0.2, 0.25) is 0 Å². The first kappa shape index (κ1) is 21.5. The van der Waals surface area contributed by atoms with Gasteiger partial charge in [-0.2, -0.15) is 0 Å². The Kier molecular flexibility index (Phi) is 6.88. The van der Waals surface area contributed by atoms with Crippen LogP contribution in [-0.2, 0) is 9.59 Å². The molecule has 0 aromatic carbocycles. The maximum Gasteiger partial charge on any atom is 0.329 e. The van der Waals surface area contributed by atoms with Crippen molar-refractivity contribution in [1.29, 1.82) is 0 Å². The minimum absolute atomic E-state index is 0.0146. The van der Waals surface area contributed by atoms with Gasteiger partial charge in [0.15, 0.2) is 6.04 Å². The van der Waals surface area contributed by atoms with Gasteiger partial charge in [0.1, 0.15) is 12.1 Å². The lowest BCUT2D eigenvalue weighted by Crippen LogP contribution is -2.50. The third-order valence-corrected chi connectivity index (χ3v) is 4.42. The molecule has 0 aliphatic carbocycles. The Morgan fingerprint density at radius 3 is 2.57 bits per heavy atom. The predicted octanol–water partition coefficient (Wildman–Crippen LogP) is -2.01. The van der Waals surface area contributed by atoms with Crippen molar-refractivity contribution in [3.63, 3.8) is 0 Å². The molecule has 13 heteroatoms. The fraction of sp³-hybridized carbons (Fsp3) is 0.667. The molecule has 1 aromatic heterocycles. The van der Waals surface area contributed by atoms with Gasteiger partial charge in [-0.15, -0.1) is 10.2 Å². The van der Waals surface area contributed by atoms with Crippen LogP contribution in [0, 0.1) is 0 Å². The van der Waals surface area contributed by atoms with E-state index in [1.807, 2.05) is 0 Å². The largest absolute Gasteiger partial charge is 0.480 e. The van der Waals surface area contributed by atoms with Crippen molar-refractivity contribution in [1.82, 2.24) is 20.4 Å². The van der Waals surface area contributed by atoms with Crippen molar-refractivity contribution in [3.05, 3.63) is 11.8 Å². The first-order valence-corrected chi connectivity index (χ1v) is 8.65. The van der Waals surface area contributed by atoms with Crippen molar-refractivity contribution in [3.8, 4) is 0 Å². The summed E-state index contributed by atoms with van der Waals surface area (Å²) in [6, 6.07) is -4.06. The smallest absolute Gasteiger partial charge is 0.329 e. The van der Waals surface area contributed by atoms with Crippen molar-refractivity contribution in [2.24, 2.45) is 11.5 Å². The zero-order valence-corrected chi connectivity index (χ0v) is 15.2. The summed E-state index contributed by atoms with van der Waals surface area (Å²) < 4.78 is 5.40. The van der Waals surface area contributed by atoms with E-state index < -0.39 is 48.2 Å². The molecule has 156 valence electrons. The minimum atomic E-state index is -1.39. The second-order valence-corrected chi connectivity index (χ2v) is 6.58. The lowest BCUT2D eigenvalue weighted by molar-refractivity contribution is -0.143. The number of rotatable bonds is 8. The number of nitrogens with one attached hydrogen (secondary N) is 1. The number of primary amides is 1. The van der Waals surface area contributed by atoms with Crippen LogP contribution in [-0.4, -0.2) is 73.1 Å². The molecular weight excluding hydrogens is 376 g/mol. The summed E-state index contributed by atoms with van der Waals surface area (Å²) in [5.41, 5.74) is 10.9. The second kappa shape index (κ2) is 8.95. The topological polar surface area (TPSA) is 218 Å². The third kappa shape index (κ3) is 4.94. The number of nitrogens with zero attached hydrogens (tertiary/aromatic N) is 3. The molecule has 13 nitrogen and oxygen atoms in total. The fourth-order valence-electron chi connectivity index (χ4n) is 2.81.